The second kappa shape index (κ2) is 4.77. The molecule has 0 saturated heterocycles. The maximum atomic E-state index is 9.49. The maximum Gasteiger partial charge on any atom is 0.142 e. The van der Waals surface area contributed by atoms with Crippen molar-refractivity contribution >= 4 is 11.0 Å². The van der Waals surface area contributed by atoms with E-state index in [-0.39, 0.29) is 5.75 Å². The number of hydrogen-bond acceptors (Lipinski definition) is 4. The molecule has 3 rings (SSSR count). The first kappa shape index (κ1) is 12.3. The molecule has 0 unspecified atom stereocenters. The monoisotopic (exact) mass is 270 g/mol. The molecule has 0 atom stereocenters. The normalized spacial score (nSPS) is 10.7. The number of hydrogen-bond donors (Lipinski definition) is 2. The van der Waals surface area contributed by atoms with Gasteiger partial charge in [-0.2, -0.15) is 0 Å². The Labute approximate surface area is 115 Å². The third kappa shape index (κ3) is 2.03. The van der Waals surface area contributed by atoms with E-state index in [4.69, 9.17) is 9.47 Å². The van der Waals surface area contributed by atoms with Gasteiger partial charge in [-0.25, -0.2) is 4.98 Å². The largest absolute Gasteiger partial charge is 0.508 e. The Kier molecular flexibility index (Phi) is 2.95. The van der Waals surface area contributed by atoms with E-state index in [2.05, 4.69) is 9.97 Å². The van der Waals surface area contributed by atoms with E-state index in [0.29, 0.717) is 11.6 Å². The van der Waals surface area contributed by atoms with Gasteiger partial charge in [0.1, 0.15) is 23.1 Å². The van der Waals surface area contributed by atoms with Crippen LogP contribution in [0.25, 0.3) is 22.4 Å². The molecular formula is C15H14N2O3. The van der Waals surface area contributed by atoms with Crippen molar-refractivity contribution in [3.63, 3.8) is 0 Å². The number of H-pyrrole nitrogens is 1. The SMILES string of the molecule is COc1ccc(-c2nc3ccc(O)cc3[nH]2)c(OC)c1. The van der Waals surface area contributed by atoms with E-state index in [1.54, 1.807) is 38.5 Å². The number of rotatable bonds is 3. The van der Waals surface area contributed by atoms with Gasteiger partial charge in [-0.1, -0.05) is 0 Å². The highest BCUT2D eigenvalue weighted by Crippen LogP contribution is 2.33. The molecule has 5 nitrogen and oxygen atoms in total. The summed E-state index contributed by atoms with van der Waals surface area (Å²) >= 11 is 0. The molecule has 5 heteroatoms. The molecule has 0 spiro atoms. The smallest absolute Gasteiger partial charge is 0.142 e. The predicted octanol–water partition coefficient (Wildman–Crippen LogP) is 2.95. The molecule has 2 N–H and O–H groups in total. The summed E-state index contributed by atoms with van der Waals surface area (Å²) in [5, 5.41) is 9.49. The molecule has 3 aromatic rings. The third-order valence-electron chi connectivity index (χ3n) is 3.13. The molecule has 0 amide bonds. The van der Waals surface area contributed by atoms with Crippen LogP contribution in [0.1, 0.15) is 0 Å². The quantitative estimate of drug-likeness (QED) is 0.767. The van der Waals surface area contributed by atoms with E-state index in [9.17, 15) is 5.11 Å². The van der Waals surface area contributed by atoms with E-state index >= 15 is 0 Å². The number of aromatic amines is 1. The van der Waals surface area contributed by atoms with Crippen molar-refractivity contribution in [2.45, 2.75) is 0 Å². The zero-order chi connectivity index (χ0) is 14.1. The van der Waals surface area contributed by atoms with Crippen LogP contribution >= 0.6 is 0 Å². The number of nitrogens with zero attached hydrogens (tertiary/aromatic N) is 1. The first-order chi connectivity index (χ1) is 9.71. The van der Waals surface area contributed by atoms with Gasteiger partial charge < -0.3 is 19.6 Å². The predicted molar refractivity (Wildman–Crippen MR) is 76.3 cm³/mol. The van der Waals surface area contributed by atoms with E-state index in [0.717, 1.165) is 22.3 Å². The summed E-state index contributed by atoms with van der Waals surface area (Å²) < 4.78 is 10.6. The molecule has 0 bridgehead atoms. The minimum Gasteiger partial charge on any atom is -0.508 e. The highest BCUT2D eigenvalue weighted by atomic mass is 16.5. The molecule has 0 saturated carbocycles. The standard InChI is InChI=1S/C15H14N2O3/c1-19-10-4-5-11(14(8-10)20-2)15-16-12-6-3-9(18)7-13(12)17-15/h3-8,18H,1-2H3,(H,16,17). The van der Waals surface area contributed by atoms with Crippen molar-refractivity contribution in [3.8, 4) is 28.6 Å². The van der Waals surface area contributed by atoms with Crippen LogP contribution in [-0.2, 0) is 0 Å². The first-order valence-electron chi connectivity index (χ1n) is 6.12. The summed E-state index contributed by atoms with van der Waals surface area (Å²) in [4.78, 5) is 7.67. The lowest BCUT2D eigenvalue weighted by Crippen LogP contribution is -1.91. The highest BCUT2D eigenvalue weighted by Gasteiger charge is 2.12. The Hall–Kier alpha value is -2.69. The summed E-state index contributed by atoms with van der Waals surface area (Å²) in [5.41, 5.74) is 2.40. The summed E-state index contributed by atoms with van der Waals surface area (Å²) in [6.45, 7) is 0. The molecule has 20 heavy (non-hydrogen) atoms. The zero-order valence-electron chi connectivity index (χ0n) is 11.2. The summed E-state index contributed by atoms with van der Waals surface area (Å²) in [7, 11) is 3.21. The number of ether oxygens (including phenoxy) is 2. The molecule has 2 aromatic carbocycles. The van der Waals surface area contributed by atoms with Crippen LogP contribution in [0.5, 0.6) is 17.2 Å². The third-order valence-corrected chi connectivity index (χ3v) is 3.13. The summed E-state index contributed by atoms with van der Waals surface area (Å²) in [5.74, 6) is 2.28. The minimum absolute atomic E-state index is 0.203. The Morgan fingerprint density at radius 2 is 1.90 bits per heavy atom. The number of aromatic hydroxyl groups is 1. The van der Waals surface area contributed by atoms with Crippen molar-refractivity contribution in [3.05, 3.63) is 36.4 Å². The highest BCUT2D eigenvalue weighted by molar-refractivity contribution is 5.82. The van der Waals surface area contributed by atoms with Crippen LogP contribution < -0.4 is 9.47 Å². The molecule has 0 aliphatic carbocycles. The Balaban J connectivity index is 2.14. The molecule has 1 heterocycles. The van der Waals surface area contributed by atoms with Gasteiger partial charge in [0.05, 0.1) is 30.8 Å². The van der Waals surface area contributed by atoms with Crippen LogP contribution in [0.15, 0.2) is 36.4 Å². The van der Waals surface area contributed by atoms with E-state index in [1.165, 1.54) is 0 Å². The lowest BCUT2D eigenvalue weighted by atomic mass is 10.2. The first-order valence-corrected chi connectivity index (χ1v) is 6.12. The number of nitrogens with one attached hydrogen (secondary N) is 1. The number of fused-ring (bicyclic) bond motifs is 1. The lowest BCUT2D eigenvalue weighted by Gasteiger charge is -2.08. The fraction of sp³-hybridized carbons (Fsp3) is 0.133. The van der Waals surface area contributed by atoms with Crippen LogP contribution in [0.4, 0.5) is 0 Å². The maximum absolute atomic E-state index is 9.49. The molecule has 0 fully saturated rings. The second-order valence-electron chi connectivity index (χ2n) is 4.35. The van der Waals surface area contributed by atoms with Crippen molar-refractivity contribution in [1.82, 2.24) is 9.97 Å². The van der Waals surface area contributed by atoms with Crippen LogP contribution in [-0.4, -0.2) is 29.3 Å². The number of aromatic nitrogens is 2. The lowest BCUT2D eigenvalue weighted by molar-refractivity contribution is 0.395. The molecule has 102 valence electrons. The molecular weight excluding hydrogens is 256 g/mol. The number of phenolic OH excluding ortho intramolecular Hbond substituents is 1. The zero-order valence-corrected chi connectivity index (χ0v) is 11.2. The fourth-order valence-electron chi connectivity index (χ4n) is 2.12. The Bertz CT molecular complexity index is 765. The van der Waals surface area contributed by atoms with Gasteiger partial charge in [0.15, 0.2) is 0 Å². The second-order valence-corrected chi connectivity index (χ2v) is 4.35. The van der Waals surface area contributed by atoms with Gasteiger partial charge in [-0.15, -0.1) is 0 Å². The number of phenols is 1. The average Bonchev–Trinajstić information content (AvgIpc) is 2.89. The van der Waals surface area contributed by atoms with Gasteiger partial charge >= 0.3 is 0 Å². The average molecular weight is 270 g/mol. The number of imidazole rings is 1. The molecule has 0 radical (unpaired) electrons. The molecule has 0 aliphatic rings. The van der Waals surface area contributed by atoms with E-state index < -0.39 is 0 Å². The number of benzene rings is 2. The fourth-order valence-corrected chi connectivity index (χ4v) is 2.12. The topological polar surface area (TPSA) is 67.4 Å². The van der Waals surface area contributed by atoms with Crippen molar-refractivity contribution < 1.29 is 14.6 Å². The van der Waals surface area contributed by atoms with E-state index in [1.807, 2.05) is 12.1 Å². The van der Waals surface area contributed by atoms with Crippen molar-refractivity contribution in [2.75, 3.05) is 14.2 Å². The summed E-state index contributed by atoms with van der Waals surface area (Å²) in [6.07, 6.45) is 0. The van der Waals surface area contributed by atoms with Gasteiger partial charge in [0.25, 0.3) is 0 Å². The molecule has 0 aliphatic heterocycles. The molecule has 1 aromatic heterocycles. The number of methoxy groups -OCH3 is 2. The van der Waals surface area contributed by atoms with Gasteiger partial charge in [0.2, 0.25) is 0 Å². The van der Waals surface area contributed by atoms with Crippen LogP contribution in [0.3, 0.4) is 0 Å². The van der Waals surface area contributed by atoms with Crippen molar-refractivity contribution in [2.24, 2.45) is 0 Å². The van der Waals surface area contributed by atoms with Crippen molar-refractivity contribution in [1.29, 1.82) is 0 Å². The van der Waals surface area contributed by atoms with Crippen LogP contribution in [0, 0.1) is 0 Å². The van der Waals surface area contributed by atoms with Gasteiger partial charge in [-0.3, -0.25) is 0 Å². The Morgan fingerprint density at radius 3 is 2.65 bits per heavy atom. The Morgan fingerprint density at radius 1 is 1.05 bits per heavy atom. The van der Waals surface area contributed by atoms with Gasteiger partial charge in [0, 0.05) is 12.1 Å². The van der Waals surface area contributed by atoms with Gasteiger partial charge in [-0.05, 0) is 24.3 Å². The van der Waals surface area contributed by atoms with Crippen LogP contribution in [0.2, 0.25) is 0 Å². The summed E-state index contributed by atoms with van der Waals surface area (Å²) in [6, 6.07) is 10.6. The minimum atomic E-state index is 0.203.